The van der Waals surface area contributed by atoms with Crippen molar-refractivity contribution >= 4 is 5.78 Å². The van der Waals surface area contributed by atoms with Gasteiger partial charge in [-0.25, -0.2) is 0 Å². The summed E-state index contributed by atoms with van der Waals surface area (Å²) in [5.41, 5.74) is 2.44. The first-order valence-corrected chi connectivity index (χ1v) is 5.35. The molecule has 1 saturated carbocycles. The molecule has 0 radical (unpaired) electrons. The van der Waals surface area contributed by atoms with E-state index in [0.29, 0.717) is 11.7 Å². The summed E-state index contributed by atoms with van der Waals surface area (Å²) in [6, 6.07) is 0. The molecule has 0 amide bonds. The zero-order chi connectivity index (χ0) is 9.84. The lowest BCUT2D eigenvalue weighted by atomic mass is 9.93. The molecular weight excluding hydrogens is 160 g/mol. The van der Waals surface area contributed by atoms with Crippen LogP contribution in [0.25, 0.3) is 0 Å². The number of hydrogen-bond donors (Lipinski definition) is 0. The van der Waals surface area contributed by atoms with Gasteiger partial charge >= 0.3 is 0 Å². The van der Waals surface area contributed by atoms with Crippen molar-refractivity contribution in [1.29, 1.82) is 0 Å². The highest BCUT2D eigenvalue weighted by atomic mass is 16.1. The Hall–Kier alpha value is -0.590. The molecule has 1 heteroatoms. The van der Waals surface area contributed by atoms with Crippen molar-refractivity contribution in [3.05, 3.63) is 11.1 Å². The van der Waals surface area contributed by atoms with Crippen LogP contribution in [-0.4, -0.2) is 5.78 Å². The quantitative estimate of drug-likeness (QED) is 0.446. The van der Waals surface area contributed by atoms with E-state index in [4.69, 9.17) is 0 Å². The molecule has 74 valence electrons. The van der Waals surface area contributed by atoms with Crippen LogP contribution in [0.2, 0.25) is 0 Å². The van der Waals surface area contributed by atoms with Gasteiger partial charge in [-0.05, 0) is 37.7 Å². The molecule has 0 aromatic heterocycles. The average molecular weight is 180 g/mol. The second-order valence-corrected chi connectivity index (χ2v) is 4.30. The van der Waals surface area contributed by atoms with Gasteiger partial charge in [0.1, 0.15) is 0 Å². The van der Waals surface area contributed by atoms with Crippen molar-refractivity contribution in [2.75, 3.05) is 0 Å². The van der Waals surface area contributed by atoms with Gasteiger partial charge in [-0.2, -0.15) is 0 Å². The molecule has 0 bridgehead atoms. The van der Waals surface area contributed by atoms with Crippen molar-refractivity contribution < 1.29 is 4.79 Å². The molecule has 1 fully saturated rings. The van der Waals surface area contributed by atoms with E-state index < -0.39 is 0 Å². The van der Waals surface area contributed by atoms with Crippen molar-refractivity contribution in [2.45, 2.75) is 52.9 Å². The first-order chi connectivity index (χ1) is 6.13. The van der Waals surface area contributed by atoms with Crippen LogP contribution in [-0.2, 0) is 4.79 Å². The predicted molar refractivity (Wildman–Crippen MR) is 55.6 cm³/mol. The van der Waals surface area contributed by atoms with E-state index in [-0.39, 0.29) is 0 Å². The second-order valence-electron chi connectivity index (χ2n) is 4.30. The molecule has 0 atom stereocenters. The molecule has 1 rings (SSSR count). The third-order valence-corrected chi connectivity index (χ3v) is 3.01. The van der Waals surface area contributed by atoms with Gasteiger partial charge in [0.15, 0.2) is 5.78 Å². The lowest BCUT2D eigenvalue weighted by molar-refractivity contribution is -0.115. The van der Waals surface area contributed by atoms with Gasteiger partial charge < -0.3 is 0 Å². The summed E-state index contributed by atoms with van der Waals surface area (Å²) in [5, 5.41) is 0. The Morgan fingerprint density at radius 1 is 1.15 bits per heavy atom. The molecule has 0 spiro atoms. The molecule has 0 N–H and O–H groups in total. The Balaban J connectivity index is 2.85. The molecule has 0 unspecified atom stereocenters. The maximum atomic E-state index is 11.7. The maximum absolute atomic E-state index is 11.7. The van der Waals surface area contributed by atoms with E-state index in [2.05, 4.69) is 20.8 Å². The minimum atomic E-state index is 0.406. The molecule has 0 aliphatic heterocycles. The van der Waals surface area contributed by atoms with Gasteiger partial charge in [-0.15, -0.1) is 0 Å². The van der Waals surface area contributed by atoms with Gasteiger partial charge in [0.25, 0.3) is 0 Å². The third-order valence-electron chi connectivity index (χ3n) is 3.01. The van der Waals surface area contributed by atoms with Crippen LogP contribution < -0.4 is 0 Å². The standard InChI is InChI=1S/C12H20O/c1-9(2)10(3)11-7-5-4-6-8-12(11)13/h9H,4-8H2,1-3H3/b11-10-. The highest BCUT2D eigenvalue weighted by molar-refractivity contribution is 5.96. The van der Waals surface area contributed by atoms with Crippen molar-refractivity contribution in [1.82, 2.24) is 0 Å². The SMILES string of the molecule is C/C(=C1\CCCCCC1=O)C(C)C. The fourth-order valence-electron chi connectivity index (χ4n) is 1.82. The fraction of sp³-hybridized carbons (Fsp3) is 0.750. The summed E-state index contributed by atoms with van der Waals surface area (Å²) in [6.45, 7) is 6.45. The van der Waals surface area contributed by atoms with Crippen LogP contribution in [0, 0.1) is 5.92 Å². The summed E-state index contributed by atoms with van der Waals surface area (Å²) < 4.78 is 0. The summed E-state index contributed by atoms with van der Waals surface area (Å²) in [5.74, 6) is 0.931. The van der Waals surface area contributed by atoms with Crippen LogP contribution in [0.15, 0.2) is 11.1 Å². The lowest BCUT2D eigenvalue weighted by Gasteiger charge is -2.11. The normalized spacial score (nSPS) is 23.2. The molecule has 0 saturated heterocycles. The second kappa shape index (κ2) is 4.59. The van der Waals surface area contributed by atoms with Crippen LogP contribution in [0.4, 0.5) is 0 Å². The monoisotopic (exact) mass is 180 g/mol. The van der Waals surface area contributed by atoms with E-state index in [9.17, 15) is 4.79 Å². The van der Waals surface area contributed by atoms with E-state index in [0.717, 1.165) is 24.8 Å². The van der Waals surface area contributed by atoms with Crippen molar-refractivity contribution in [3.8, 4) is 0 Å². The number of ketones is 1. The summed E-state index contributed by atoms with van der Waals surface area (Å²) in [6.07, 6.45) is 5.31. The van der Waals surface area contributed by atoms with E-state index in [1.54, 1.807) is 0 Å². The highest BCUT2D eigenvalue weighted by Crippen LogP contribution is 2.25. The van der Waals surface area contributed by atoms with Crippen LogP contribution >= 0.6 is 0 Å². The van der Waals surface area contributed by atoms with Gasteiger partial charge in [0, 0.05) is 6.42 Å². The Kier molecular flexibility index (Phi) is 3.71. The number of hydrogen-bond acceptors (Lipinski definition) is 1. The zero-order valence-corrected chi connectivity index (χ0v) is 9.02. The minimum Gasteiger partial charge on any atom is -0.295 e. The first kappa shape index (κ1) is 10.5. The Labute approximate surface area is 81.2 Å². The minimum absolute atomic E-state index is 0.406. The fourth-order valence-corrected chi connectivity index (χ4v) is 1.82. The summed E-state index contributed by atoms with van der Waals surface area (Å²) >= 11 is 0. The third kappa shape index (κ3) is 2.68. The Morgan fingerprint density at radius 2 is 1.77 bits per heavy atom. The number of Topliss-reactive ketones (excluding diaryl/α,β-unsaturated/α-hetero) is 1. The van der Waals surface area contributed by atoms with E-state index in [1.807, 2.05) is 0 Å². The largest absolute Gasteiger partial charge is 0.295 e. The van der Waals surface area contributed by atoms with Crippen molar-refractivity contribution in [3.63, 3.8) is 0 Å². The maximum Gasteiger partial charge on any atom is 0.158 e. The average Bonchev–Trinajstić information content (AvgIpc) is 2.28. The van der Waals surface area contributed by atoms with Gasteiger partial charge in [-0.3, -0.25) is 4.79 Å². The van der Waals surface area contributed by atoms with Gasteiger partial charge in [0.2, 0.25) is 0 Å². The topological polar surface area (TPSA) is 17.1 Å². The van der Waals surface area contributed by atoms with E-state index in [1.165, 1.54) is 18.4 Å². The smallest absolute Gasteiger partial charge is 0.158 e. The molecule has 0 aromatic rings. The number of allylic oxidation sites excluding steroid dienone is 2. The molecule has 1 aliphatic rings. The molecule has 0 heterocycles. The number of rotatable bonds is 1. The molecule has 1 nitrogen and oxygen atoms in total. The highest BCUT2D eigenvalue weighted by Gasteiger charge is 2.16. The predicted octanol–water partition coefficient (Wildman–Crippen LogP) is 3.49. The molecule has 0 aromatic carbocycles. The molecule has 1 aliphatic carbocycles. The first-order valence-electron chi connectivity index (χ1n) is 5.35. The van der Waals surface area contributed by atoms with E-state index >= 15 is 0 Å². The lowest BCUT2D eigenvalue weighted by Crippen LogP contribution is -2.05. The summed E-state index contributed by atoms with van der Waals surface area (Å²) in [7, 11) is 0. The molecule has 13 heavy (non-hydrogen) atoms. The van der Waals surface area contributed by atoms with Crippen LogP contribution in [0.5, 0.6) is 0 Å². The van der Waals surface area contributed by atoms with Crippen LogP contribution in [0.3, 0.4) is 0 Å². The molecular formula is C12H20O. The zero-order valence-electron chi connectivity index (χ0n) is 9.02. The Morgan fingerprint density at radius 3 is 2.38 bits per heavy atom. The number of carbonyl (C=O) groups excluding carboxylic acids is 1. The summed E-state index contributed by atoms with van der Waals surface area (Å²) in [4.78, 5) is 11.7. The number of carbonyl (C=O) groups is 1. The Bertz CT molecular complexity index is 223. The van der Waals surface area contributed by atoms with Gasteiger partial charge in [0.05, 0.1) is 0 Å². The van der Waals surface area contributed by atoms with Crippen molar-refractivity contribution in [2.24, 2.45) is 5.92 Å². The van der Waals surface area contributed by atoms with Gasteiger partial charge in [-0.1, -0.05) is 25.8 Å². The van der Waals surface area contributed by atoms with Crippen LogP contribution in [0.1, 0.15) is 52.9 Å².